The van der Waals surface area contributed by atoms with E-state index in [0.717, 1.165) is 42.7 Å². The largest absolute Gasteiger partial charge is 0.491 e. The molecule has 0 radical (unpaired) electrons. The van der Waals surface area contributed by atoms with Gasteiger partial charge in [0.05, 0.1) is 0 Å². The summed E-state index contributed by atoms with van der Waals surface area (Å²) < 4.78 is 17.0. The van der Waals surface area contributed by atoms with Crippen LogP contribution in [0.4, 0.5) is 5.69 Å². The molecule has 6 nitrogen and oxygen atoms in total. The monoisotopic (exact) mass is 380 g/mol. The van der Waals surface area contributed by atoms with Gasteiger partial charge in [0.15, 0.2) is 11.5 Å². The lowest BCUT2D eigenvalue weighted by Crippen LogP contribution is -2.43. The van der Waals surface area contributed by atoms with Crippen molar-refractivity contribution in [1.29, 1.82) is 0 Å². The van der Waals surface area contributed by atoms with Crippen LogP contribution < -0.4 is 24.4 Å². The van der Waals surface area contributed by atoms with Crippen molar-refractivity contribution in [1.82, 2.24) is 5.32 Å². The maximum absolute atomic E-state index is 13.7. The van der Waals surface area contributed by atoms with E-state index in [1.54, 1.807) is 0 Å². The van der Waals surface area contributed by atoms with E-state index < -0.39 is 5.41 Å². The van der Waals surface area contributed by atoms with Crippen LogP contribution in [0.25, 0.3) is 0 Å². The molecule has 3 heterocycles. The molecule has 28 heavy (non-hydrogen) atoms. The average Bonchev–Trinajstić information content (AvgIpc) is 3.38. The number of nitrogens with zero attached hydrogens (tertiary/aromatic N) is 1. The molecule has 2 aromatic rings. The van der Waals surface area contributed by atoms with Crippen molar-refractivity contribution in [2.24, 2.45) is 0 Å². The van der Waals surface area contributed by atoms with E-state index >= 15 is 0 Å². The topological polar surface area (TPSA) is 60.0 Å². The molecule has 6 heteroatoms. The van der Waals surface area contributed by atoms with Crippen molar-refractivity contribution < 1.29 is 19.0 Å². The van der Waals surface area contributed by atoms with E-state index in [1.165, 1.54) is 0 Å². The fourth-order valence-corrected chi connectivity index (χ4v) is 4.45. The number of amides is 1. The number of hydrogen-bond acceptors (Lipinski definition) is 5. The van der Waals surface area contributed by atoms with Crippen LogP contribution in [0.15, 0.2) is 36.4 Å². The fraction of sp³-hybridized carbons (Fsp3) is 0.409. The summed E-state index contributed by atoms with van der Waals surface area (Å²) in [6.45, 7) is 5.26. The van der Waals surface area contributed by atoms with E-state index in [1.807, 2.05) is 41.3 Å². The first kappa shape index (κ1) is 17.4. The number of ether oxygens (including phenoxy) is 3. The molecule has 3 aliphatic heterocycles. The highest BCUT2D eigenvalue weighted by Crippen LogP contribution is 2.54. The van der Waals surface area contributed by atoms with Gasteiger partial charge in [-0.15, -0.1) is 0 Å². The molecule has 2 aromatic carbocycles. The van der Waals surface area contributed by atoms with Gasteiger partial charge >= 0.3 is 0 Å². The van der Waals surface area contributed by atoms with Crippen molar-refractivity contribution in [3.8, 4) is 17.2 Å². The molecule has 5 rings (SSSR count). The number of carbonyl (C=O) groups is 1. The molecule has 0 fully saturated rings. The fourth-order valence-electron chi connectivity index (χ4n) is 4.45. The molecule has 0 saturated heterocycles. The quantitative estimate of drug-likeness (QED) is 0.781. The second-order valence-corrected chi connectivity index (χ2v) is 7.47. The summed E-state index contributed by atoms with van der Waals surface area (Å²) in [6, 6.07) is 11.8. The highest BCUT2D eigenvalue weighted by Gasteiger charge is 2.57. The summed E-state index contributed by atoms with van der Waals surface area (Å²) in [6.07, 6.45) is 2.02. The van der Waals surface area contributed by atoms with Crippen LogP contribution in [0.2, 0.25) is 0 Å². The minimum atomic E-state index is -0.802. The van der Waals surface area contributed by atoms with Gasteiger partial charge in [-0.05, 0) is 43.6 Å². The molecular weight excluding hydrogens is 356 g/mol. The summed E-state index contributed by atoms with van der Waals surface area (Å²) in [7, 11) is 0. The van der Waals surface area contributed by atoms with Crippen molar-refractivity contribution in [3.63, 3.8) is 0 Å². The van der Waals surface area contributed by atoms with Crippen LogP contribution in [0.3, 0.4) is 0 Å². The lowest BCUT2D eigenvalue weighted by molar-refractivity contribution is -0.122. The molecule has 1 amide bonds. The van der Waals surface area contributed by atoms with Gasteiger partial charge in [0, 0.05) is 23.9 Å². The predicted octanol–water partition coefficient (Wildman–Crippen LogP) is 2.83. The SMILES string of the molecule is CCCNCCCN1C(=O)C2(COc3cc4c(cc32)OCO4)c2ccccc21. The van der Waals surface area contributed by atoms with Gasteiger partial charge in [0.1, 0.15) is 17.8 Å². The first-order valence-electron chi connectivity index (χ1n) is 9.95. The first-order valence-corrected chi connectivity index (χ1v) is 9.95. The molecular formula is C22H24N2O4. The molecule has 146 valence electrons. The Morgan fingerprint density at radius 2 is 1.86 bits per heavy atom. The first-order chi connectivity index (χ1) is 13.8. The Labute approximate surface area is 164 Å². The molecule has 0 saturated carbocycles. The Morgan fingerprint density at radius 1 is 1.04 bits per heavy atom. The predicted molar refractivity (Wildman–Crippen MR) is 105 cm³/mol. The van der Waals surface area contributed by atoms with Crippen molar-refractivity contribution in [3.05, 3.63) is 47.5 Å². The molecule has 1 spiro atoms. The maximum Gasteiger partial charge on any atom is 0.245 e. The van der Waals surface area contributed by atoms with E-state index in [0.29, 0.717) is 30.4 Å². The zero-order chi connectivity index (χ0) is 19.1. The lowest BCUT2D eigenvalue weighted by Gasteiger charge is -2.23. The summed E-state index contributed by atoms with van der Waals surface area (Å²) in [5.41, 5.74) is 2.07. The molecule has 0 aliphatic carbocycles. The number of para-hydroxylation sites is 1. The minimum absolute atomic E-state index is 0.0850. The van der Waals surface area contributed by atoms with Gasteiger partial charge in [-0.2, -0.15) is 0 Å². The van der Waals surface area contributed by atoms with Crippen LogP contribution in [-0.4, -0.2) is 38.9 Å². The second-order valence-electron chi connectivity index (χ2n) is 7.47. The standard InChI is InChI=1S/C22H24N2O4/c1-2-8-23-9-5-10-24-17-7-4-3-6-15(17)22(21(24)25)13-26-18-12-20-19(11-16(18)22)27-14-28-20/h3-4,6-7,11-12,23H,2,5,8-10,13-14H2,1H3. The normalized spacial score (nSPS) is 21.2. The Hall–Kier alpha value is -2.73. The summed E-state index contributed by atoms with van der Waals surface area (Å²) >= 11 is 0. The van der Waals surface area contributed by atoms with Crippen LogP contribution >= 0.6 is 0 Å². The van der Waals surface area contributed by atoms with E-state index in [-0.39, 0.29) is 12.7 Å². The van der Waals surface area contributed by atoms with Gasteiger partial charge < -0.3 is 24.4 Å². The van der Waals surface area contributed by atoms with Gasteiger partial charge in [0.2, 0.25) is 12.7 Å². The second kappa shape index (κ2) is 6.71. The molecule has 1 unspecified atom stereocenters. The van der Waals surface area contributed by atoms with Gasteiger partial charge in [0.25, 0.3) is 0 Å². The number of rotatable bonds is 6. The summed E-state index contributed by atoms with van der Waals surface area (Å²) in [5.74, 6) is 2.14. The molecule has 0 bridgehead atoms. The Morgan fingerprint density at radius 3 is 2.71 bits per heavy atom. The zero-order valence-corrected chi connectivity index (χ0v) is 16.0. The number of anilines is 1. The Balaban J connectivity index is 1.51. The molecule has 1 atom stereocenters. The molecule has 1 N–H and O–H groups in total. The number of carbonyl (C=O) groups excluding carboxylic acids is 1. The van der Waals surface area contributed by atoms with E-state index in [4.69, 9.17) is 14.2 Å². The van der Waals surface area contributed by atoms with Gasteiger partial charge in [-0.3, -0.25) is 4.79 Å². The lowest BCUT2D eigenvalue weighted by atomic mass is 9.77. The summed E-state index contributed by atoms with van der Waals surface area (Å²) in [5, 5.41) is 3.41. The highest BCUT2D eigenvalue weighted by molar-refractivity contribution is 6.11. The third kappa shape index (κ3) is 2.41. The maximum atomic E-state index is 13.7. The Bertz CT molecular complexity index is 929. The van der Waals surface area contributed by atoms with Gasteiger partial charge in [-0.1, -0.05) is 25.1 Å². The average molecular weight is 380 g/mol. The number of hydrogen-bond donors (Lipinski definition) is 1. The van der Waals surface area contributed by atoms with E-state index in [2.05, 4.69) is 12.2 Å². The third-order valence-electron chi connectivity index (χ3n) is 5.81. The van der Waals surface area contributed by atoms with E-state index in [9.17, 15) is 4.79 Å². The van der Waals surface area contributed by atoms with Crippen LogP contribution in [0, 0.1) is 0 Å². The van der Waals surface area contributed by atoms with Gasteiger partial charge in [-0.25, -0.2) is 0 Å². The third-order valence-corrected chi connectivity index (χ3v) is 5.81. The van der Waals surface area contributed by atoms with Crippen LogP contribution in [0.5, 0.6) is 17.2 Å². The van der Waals surface area contributed by atoms with Crippen molar-refractivity contribution >= 4 is 11.6 Å². The Kier molecular flexibility index (Phi) is 4.16. The van der Waals surface area contributed by atoms with Crippen LogP contribution in [0.1, 0.15) is 30.9 Å². The highest BCUT2D eigenvalue weighted by atomic mass is 16.7. The smallest absolute Gasteiger partial charge is 0.245 e. The summed E-state index contributed by atoms with van der Waals surface area (Å²) in [4.78, 5) is 15.6. The number of nitrogens with one attached hydrogen (secondary N) is 1. The van der Waals surface area contributed by atoms with Crippen LogP contribution in [-0.2, 0) is 10.2 Å². The number of fused-ring (bicyclic) bond motifs is 5. The zero-order valence-electron chi connectivity index (χ0n) is 16.0. The molecule has 0 aromatic heterocycles. The number of benzene rings is 2. The van der Waals surface area contributed by atoms with Crippen molar-refractivity contribution in [2.75, 3.05) is 37.9 Å². The van der Waals surface area contributed by atoms with Crippen molar-refractivity contribution in [2.45, 2.75) is 25.2 Å². The minimum Gasteiger partial charge on any atom is -0.491 e. The molecule has 3 aliphatic rings.